The maximum absolute atomic E-state index is 13.9. The number of amides is 2. The molecule has 0 aliphatic carbocycles. The average Bonchev–Trinajstić information content (AvgIpc) is 3.79. The zero-order chi connectivity index (χ0) is 29.3. The summed E-state index contributed by atoms with van der Waals surface area (Å²) in [5.41, 5.74) is 6.77. The molecule has 0 saturated carbocycles. The minimum absolute atomic E-state index is 0.0428. The van der Waals surface area contributed by atoms with Gasteiger partial charge in [-0.3, -0.25) is 4.79 Å². The Morgan fingerprint density at radius 2 is 2.00 bits per heavy atom. The first-order chi connectivity index (χ1) is 20.3. The molecule has 5 aromatic rings. The fourth-order valence-electron chi connectivity index (χ4n) is 5.08. The molecule has 0 radical (unpaired) electrons. The van der Waals surface area contributed by atoms with Crippen molar-refractivity contribution in [1.82, 2.24) is 30.0 Å². The predicted molar refractivity (Wildman–Crippen MR) is 151 cm³/mol. The van der Waals surface area contributed by atoms with E-state index in [2.05, 4.69) is 25.1 Å². The highest BCUT2D eigenvalue weighted by Gasteiger charge is 2.38. The minimum Gasteiger partial charge on any atom is -0.443 e. The van der Waals surface area contributed by atoms with E-state index in [4.69, 9.17) is 19.3 Å². The van der Waals surface area contributed by atoms with Crippen LogP contribution in [-0.2, 0) is 16.8 Å². The summed E-state index contributed by atoms with van der Waals surface area (Å²) in [5.74, 6) is 0.104. The highest BCUT2D eigenvalue weighted by molar-refractivity contribution is 7.09. The number of aromatic nitrogens is 5. The van der Waals surface area contributed by atoms with Crippen LogP contribution in [-0.4, -0.2) is 48.6 Å². The van der Waals surface area contributed by atoms with Crippen molar-refractivity contribution in [3.05, 3.63) is 88.2 Å². The van der Waals surface area contributed by atoms with Gasteiger partial charge in [-0.15, -0.1) is 21.5 Å². The van der Waals surface area contributed by atoms with Gasteiger partial charge in [0.05, 0.1) is 12.2 Å². The number of aryl methyl sites for hydroxylation is 1. The number of rotatable bonds is 8. The highest BCUT2D eigenvalue weighted by atomic mass is 32.1. The third kappa shape index (κ3) is 5.50. The standard InChI is InChI=1S/C29H27N7O5S/c1-17-16-42-25(32-17)22-9-6-11-36(22)26(37)21-14-19(13-20(33-21)24-31-10-12-39-24)23-34-35-27(40-23)29(2,41-28(30)38)15-18-7-4-3-5-8-18/h3-5,7-8,10,12-14,16,22H,6,9,11,15H2,1-2H3,(H2,30,38)/t22-,29-/m1/s1. The topological polar surface area (TPSA) is 163 Å². The van der Waals surface area contributed by atoms with Gasteiger partial charge >= 0.3 is 6.09 Å². The van der Waals surface area contributed by atoms with Gasteiger partial charge in [0, 0.05) is 29.6 Å². The van der Waals surface area contributed by atoms with Gasteiger partial charge in [0.25, 0.3) is 11.8 Å². The van der Waals surface area contributed by atoms with Crippen LogP contribution in [0, 0.1) is 6.92 Å². The lowest BCUT2D eigenvalue weighted by atomic mass is 9.96. The number of hydrogen-bond donors (Lipinski definition) is 1. The number of ether oxygens (including phenoxy) is 1. The van der Waals surface area contributed by atoms with Gasteiger partial charge in [0.1, 0.15) is 22.7 Å². The number of nitrogens with zero attached hydrogens (tertiary/aromatic N) is 6. The van der Waals surface area contributed by atoms with Crippen molar-refractivity contribution < 1.29 is 23.2 Å². The lowest BCUT2D eigenvalue weighted by Crippen LogP contribution is -2.34. The summed E-state index contributed by atoms with van der Waals surface area (Å²) >= 11 is 1.55. The van der Waals surface area contributed by atoms with E-state index in [1.165, 1.54) is 12.5 Å². The Kier molecular flexibility index (Phi) is 7.25. The van der Waals surface area contributed by atoms with Crippen LogP contribution in [0.5, 0.6) is 0 Å². The molecule has 6 rings (SSSR count). The molecule has 1 aromatic carbocycles. The number of carbonyl (C=O) groups is 2. The second-order valence-electron chi connectivity index (χ2n) is 10.2. The molecular weight excluding hydrogens is 558 g/mol. The number of benzene rings is 1. The smallest absolute Gasteiger partial charge is 0.405 e. The summed E-state index contributed by atoms with van der Waals surface area (Å²) in [6.45, 7) is 4.16. The van der Waals surface area contributed by atoms with Crippen molar-refractivity contribution >= 4 is 23.3 Å². The van der Waals surface area contributed by atoms with Gasteiger partial charge in [-0.25, -0.2) is 19.7 Å². The Hall–Kier alpha value is -4.91. The number of pyridine rings is 1. The average molecular weight is 586 g/mol. The van der Waals surface area contributed by atoms with Crippen molar-refractivity contribution in [3.8, 4) is 23.0 Å². The number of nitrogens with two attached hydrogens (primary N) is 1. The fraction of sp³-hybridized carbons (Fsp3) is 0.276. The first-order valence-electron chi connectivity index (χ1n) is 13.3. The van der Waals surface area contributed by atoms with Crippen LogP contribution in [0.2, 0.25) is 0 Å². The van der Waals surface area contributed by atoms with Gasteiger partial charge in [0.15, 0.2) is 5.60 Å². The number of oxazole rings is 1. The van der Waals surface area contributed by atoms with E-state index in [0.29, 0.717) is 17.8 Å². The third-order valence-corrected chi connectivity index (χ3v) is 8.03. The van der Waals surface area contributed by atoms with E-state index in [9.17, 15) is 9.59 Å². The lowest BCUT2D eigenvalue weighted by Gasteiger charge is -2.25. The molecule has 1 fully saturated rings. The summed E-state index contributed by atoms with van der Waals surface area (Å²) in [5, 5.41) is 11.3. The first kappa shape index (κ1) is 27.3. The molecule has 13 heteroatoms. The molecule has 2 atom stereocenters. The zero-order valence-electron chi connectivity index (χ0n) is 22.9. The molecule has 2 N–H and O–H groups in total. The Labute approximate surface area is 244 Å². The summed E-state index contributed by atoms with van der Waals surface area (Å²) in [7, 11) is 0. The van der Waals surface area contributed by atoms with Crippen molar-refractivity contribution in [3.63, 3.8) is 0 Å². The molecule has 0 unspecified atom stereocenters. The van der Waals surface area contributed by atoms with E-state index < -0.39 is 11.7 Å². The maximum Gasteiger partial charge on any atom is 0.405 e. The molecule has 0 bridgehead atoms. The normalized spacial score (nSPS) is 16.3. The molecule has 12 nitrogen and oxygen atoms in total. The Morgan fingerprint density at radius 1 is 1.17 bits per heavy atom. The van der Waals surface area contributed by atoms with Crippen LogP contribution in [0.1, 0.15) is 58.5 Å². The second kappa shape index (κ2) is 11.2. The summed E-state index contributed by atoms with van der Waals surface area (Å²) in [6.07, 6.45) is 3.85. The molecule has 1 aliphatic rings. The molecule has 2 amide bonds. The quantitative estimate of drug-likeness (QED) is 0.260. The van der Waals surface area contributed by atoms with Crippen LogP contribution in [0.25, 0.3) is 23.0 Å². The van der Waals surface area contributed by atoms with Crippen LogP contribution in [0.15, 0.2) is 69.1 Å². The van der Waals surface area contributed by atoms with Crippen LogP contribution >= 0.6 is 11.3 Å². The van der Waals surface area contributed by atoms with Gasteiger partial charge in [-0.1, -0.05) is 30.3 Å². The number of hydrogen-bond acceptors (Lipinski definition) is 11. The molecule has 0 spiro atoms. The molecular formula is C29H27N7O5S. The highest BCUT2D eigenvalue weighted by Crippen LogP contribution is 2.36. The summed E-state index contributed by atoms with van der Waals surface area (Å²) in [4.78, 5) is 40.9. The third-order valence-electron chi connectivity index (χ3n) is 6.97. The van der Waals surface area contributed by atoms with Crippen molar-refractivity contribution in [1.29, 1.82) is 0 Å². The molecule has 4 aromatic heterocycles. The Morgan fingerprint density at radius 3 is 2.71 bits per heavy atom. The van der Waals surface area contributed by atoms with Gasteiger partial charge in [-0.05, 0) is 44.4 Å². The van der Waals surface area contributed by atoms with Gasteiger partial charge in [-0.2, -0.15) is 0 Å². The SMILES string of the molecule is Cc1csc([C@H]2CCCN2C(=O)c2cc(-c3nnc([C@@](C)(Cc4ccccc4)OC(N)=O)o3)cc(-c3ncco3)n2)n1. The molecule has 1 aliphatic heterocycles. The van der Waals surface area contributed by atoms with Gasteiger partial charge < -0.3 is 24.2 Å². The van der Waals surface area contributed by atoms with E-state index in [0.717, 1.165) is 29.1 Å². The lowest BCUT2D eigenvalue weighted by molar-refractivity contribution is 0.00733. The van der Waals surface area contributed by atoms with Crippen molar-refractivity contribution in [2.45, 2.75) is 44.8 Å². The van der Waals surface area contributed by atoms with Crippen LogP contribution in [0.3, 0.4) is 0 Å². The zero-order valence-corrected chi connectivity index (χ0v) is 23.7. The van der Waals surface area contributed by atoms with Crippen LogP contribution in [0.4, 0.5) is 4.79 Å². The largest absolute Gasteiger partial charge is 0.443 e. The Balaban J connectivity index is 1.37. The monoisotopic (exact) mass is 585 g/mol. The van der Waals surface area contributed by atoms with Gasteiger partial charge in [0.2, 0.25) is 11.8 Å². The van der Waals surface area contributed by atoms with Crippen molar-refractivity contribution in [2.24, 2.45) is 5.73 Å². The molecule has 5 heterocycles. The molecule has 214 valence electrons. The molecule has 1 saturated heterocycles. The molecule has 42 heavy (non-hydrogen) atoms. The first-order valence-corrected chi connectivity index (χ1v) is 14.2. The predicted octanol–water partition coefficient (Wildman–Crippen LogP) is 5.08. The number of primary amides is 1. The van der Waals surface area contributed by atoms with E-state index in [1.54, 1.807) is 35.3 Å². The Bertz CT molecular complexity index is 1720. The summed E-state index contributed by atoms with van der Waals surface area (Å²) in [6, 6.07) is 12.5. The number of carbonyl (C=O) groups excluding carboxylic acids is 2. The van der Waals surface area contributed by atoms with E-state index in [-0.39, 0.29) is 41.7 Å². The van der Waals surface area contributed by atoms with Crippen molar-refractivity contribution in [2.75, 3.05) is 6.54 Å². The second-order valence-corrected chi connectivity index (χ2v) is 11.1. The number of thiazole rings is 1. The fourth-order valence-corrected chi connectivity index (χ4v) is 6.02. The number of likely N-dealkylation sites (tertiary alicyclic amines) is 1. The van der Waals surface area contributed by atoms with Crippen LogP contribution < -0.4 is 5.73 Å². The maximum atomic E-state index is 13.9. The van der Waals surface area contributed by atoms with E-state index >= 15 is 0 Å². The van der Waals surface area contributed by atoms with E-state index in [1.807, 2.05) is 42.6 Å². The minimum atomic E-state index is -1.34. The summed E-state index contributed by atoms with van der Waals surface area (Å²) < 4.78 is 17.0.